The van der Waals surface area contributed by atoms with Gasteiger partial charge in [0.1, 0.15) is 5.78 Å². The fraction of sp³-hybridized carbons (Fsp3) is 0.308. The number of ketones is 2. The average Bonchev–Trinajstić information content (AvgIpc) is 2.50. The van der Waals surface area contributed by atoms with Crippen molar-refractivity contribution < 1.29 is 14.4 Å². The zero-order valence-corrected chi connectivity index (χ0v) is 9.82. The number of anilines is 1. The summed E-state index contributed by atoms with van der Waals surface area (Å²) >= 11 is 0. The van der Waals surface area contributed by atoms with Crippen molar-refractivity contribution in [2.45, 2.75) is 20.3 Å². The van der Waals surface area contributed by atoms with Gasteiger partial charge in [0.05, 0.1) is 11.3 Å². The van der Waals surface area contributed by atoms with Crippen LogP contribution in [-0.4, -0.2) is 24.0 Å². The summed E-state index contributed by atoms with van der Waals surface area (Å²) in [5, 5.41) is 0. The third-order valence-corrected chi connectivity index (χ3v) is 2.81. The third kappa shape index (κ3) is 1.98. The number of carbonyl (C=O) groups is 3. The maximum absolute atomic E-state index is 11.8. The summed E-state index contributed by atoms with van der Waals surface area (Å²) in [7, 11) is 0. The van der Waals surface area contributed by atoms with E-state index in [1.165, 1.54) is 11.8 Å². The summed E-state index contributed by atoms with van der Waals surface area (Å²) in [6, 6.07) is 5.32. The van der Waals surface area contributed by atoms with E-state index in [0.717, 1.165) is 5.56 Å². The highest BCUT2D eigenvalue weighted by Crippen LogP contribution is 2.29. The van der Waals surface area contributed by atoms with Crippen LogP contribution in [0, 0.1) is 6.92 Å². The summed E-state index contributed by atoms with van der Waals surface area (Å²) in [6.07, 6.45) is 0.270. The quantitative estimate of drug-likeness (QED) is 0.741. The van der Waals surface area contributed by atoms with Gasteiger partial charge in [0, 0.05) is 13.0 Å². The minimum Gasteiger partial charge on any atom is -0.304 e. The van der Waals surface area contributed by atoms with Gasteiger partial charge in [0.25, 0.3) is 11.7 Å². The van der Waals surface area contributed by atoms with Crippen molar-refractivity contribution in [3.8, 4) is 0 Å². The van der Waals surface area contributed by atoms with Crippen molar-refractivity contribution in [2.24, 2.45) is 0 Å². The van der Waals surface area contributed by atoms with Crippen LogP contribution in [0.4, 0.5) is 5.69 Å². The lowest BCUT2D eigenvalue weighted by Crippen LogP contribution is -2.31. The molecule has 0 N–H and O–H groups in total. The topological polar surface area (TPSA) is 54.5 Å². The van der Waals surface area contributed by atoms with Gasteiger partial charge in [-0.2, -0.15) is 0 Å². The molecule has 0 atom stereocenters. The molecule has 4 nitrogen and oxygen atoms in total. The Balaban J connectivity index is 2.34. The highest BCUT2D eigenvalue weighted by molar-refractivity contribution is 6.52. The number of Topliss-reactive ketones (excluding diaryl/α,β-unsaturated/α-hetero) is 2. The average molecular weight is 231 g/mol. The summed E-state index contributed by atoms with van der Waals surface area (Å²) < 4.78 is 0. The van der Waals surface area contributed by atoms with E-state index >= 15 is 0 Å². The monoisotopic (exact) mass is 231 g/mol. The van der Waals surface area contributed by atoms with Crippen LogP contribution in [0.25, 0.3) is 0 Å². The molecule has 1 aromatic rings. The SMILES string of the molecule is CC(=O)CCN1C(=O)C(=O)c2cc(C)ccc21. The van der Waals surface area contributed by atoms with Crippen molar-refractivity contribution in [3.05, 3.63) is 29.3 Å². The first-order chi connectivity index (χ1) is 8.00. The Hall–Kier alpha value is -1.97. The molecule has 1 aliphatic rings. The molecule has 0 aliphatic carbocycles. The van der Waals surface area contributed by atoms with Gasteiger partial charge in [0.15, 0.2) is 0 Å². The summed E-state index contributed by atoms with van der Waals surface area (Å²) in [5.41, 5.74) is 2.00. The van der Waals surface area contributed by atoms with E-state index in [-0.39, 0.29) is 18.7 Å². The zero-order valence-electron chi connectivity index (χ0n) is 9.82. The number of nitrogens with zero attached hydrogens (tertiary/aromatic N) is 1. The largest absolute Gasteiger partial charge is 0.304 e. The number of aryl methyl sites for hydroxylation is 1. The van der Waals surface area contributed by atoms with Gasteiger partial charge in [-0.1, -0.05) is 11.6 Å². The number of fused-ring (bicyclic) bond motifs is 1. The number of hydrogen-bond donors (Lipinski definition) is 0. The highest BCUT2D eigenvalue weighted by atomic mass is 16.2. The van der Waals surface area contributed by atoms with Gasteiger partial charge < -0.3 is 4.90 Å². The minimum absolute atomic E-state index is 0.00538. The van der Waals surface area contributed by atoms with Crippen molar-refractivity contribution in [1.29, 1.82) is 0 Å². The molecule has 17 heavy (non-hydrogen) atoms. The molecule has 0 saturated carbocycles. The molecule has 0 radical (unpaired) electrons. The molecule has 2 rings (SSSR count). The van der Waals surface area contributed by atoms with Gasteiger partial charge in [-0.15, -0.1) is 0 Å². The van der Waals surface area contributed by atoms with Crippen LogP contribution in [0.15, 0.2) is 18.2 Å². The first kappa shape index (κ1) is 11.5. The molecule has 1 aromatic carbocycles. The second kappa shape index (κ2) is 4.13. The number of amides is 1. The molecule has 0 spiro atoms. The molecule has 0 fully saturated rings. The molecule has 4 heteroatoms. The Morgan fingerprint density at radius 3 is 2.65 bits per heavy atom. The fourth-order valence-corrected chi connectivity index (χ4v) is 1.91. The van der Waals surface area contributed by atoms with E-state index in [1.807, 2.05) is 13.0 Å². The highest BCUT2D eigenvalue weighted by Gasteiger charge is 2.35. The summed E-state index contributed by atoms with van der Waals surface area (Å²) in [5.74, 6) is -1.01. The van der Waals surface area contributed by atoms with Crippen LogP contribution in [0.5, 0.6) is 0 Å². The third-order valence-electron chi connectivity index (χ3n) is 2.81. The Labute approximate surface area is 99.2 Å². The van der Waals surface area contributed by atoms with E-state index in [4.69, 9.17) is 0 Å². The molecular formula is C13H13NO3. The molecular weight excluding hydrogens is 218 g/mol. The van der Waals surface area contributed by atoms with E-state index in [0.29, 0.717) is 11.3 Å². The van der Waals surface area contributed by atoms with E-state index in [1.54, 1.807) is 12.1 Å². The first-order valence-corrected chi connectivity index (χ1v) is 5.47. The fourth-order valence-electron chi connectivity index (χ4n) is 1.91. The normalized spacial score (nSPS) is 14.1. The molecule has 1 heterocycles. The van der Waals surface area contributed by atoms with Crippen molar-refractivity contribution in [2.75, 3.05) is 11.4 Å². The van der Waals surface area contributed by atoms with Gasteiger partial charge in [-0.25, -0.2) is 0 Å². The second-order valence-electron chi connectivity index (χ2n) is 4.26. The molecule has 0 saturated heterocycles. The second-order valence-corrected chi connectivity index (χ2v) is 4.26. The van der Waals surface area contributed by atoms with Gasteiger partial charge in [-0.3, -0.25) is 14.4 Å². The Morgan fingerprint density at radius 1 is 1.29 bits per heavy atom. The van der Waals surface area contributed by atoms with Crippen LogP contribution < -0.4 is 4.90 Å². The number of rotatable bonds is 3. The Kier molecular flexibility index (Phi) is 2.79. The maximum Gasteiger partial charge on any atom is 0.299 e. The minimum atomic E-state index is -0.535. The predicted octanol–water partition coefficient (Wildman–Crippen LogP) is 1.50. The Bertz CT molecular complexity index is 519. The lowest BCUT2D eigenvalue weighted by atomic mass is 10.1. The zero-order chi connectivity index (χ0) is 12.6. The van der Waals surface area contributed by atoms with Crippen LogP contribution >= 0.6 is 0 Å². The van der Waals surface area contributed by atoms with Gasteiger partial charge in [0.2, 0.25) is 0 Å². The lowest BCUT2D eigenvalue weighted by Gasteiger charge is -2.15. The molecule has 1 amide bonds. The lowest BCUT2D eigenvalue weighted by molar-refractivity contribution is -0.117. The molecule has 0 aromatic heterocycles. The van der Waals surface area contributed by atoms with E-state index in [2.05, 4.69) is 0 Å². The molecule has 88 valence electrons. The van der Waals surface area contributed by atoms with Crippen LogP contribution in [0.2, 0.25) is 0 Å². The van der Waals surface area contributed by atoms with Crippen LogP contribution in [0.3, 0.4) is 0 Å². The number of benzene rings is 1. The van der Waals surface area contributed by atoms with Crippen molar-refractivity contribution in [3.63, 3.8) is 0 Å². The summed E-state index contributed by atoms with van der Waals surface area (Å²) in [6.45, 7) is 3.62. The molecule has 0 unspecified atom stereocenters. The number of hydrogen-bond acceptors (Lipinski definition) is 3. The molecule has 1 aliphatic heterocycles. The summed E-state index contributed by atoms with van der Waals surface area (Å²) in [4.78, 5) is 35.8. The van der Waals surface area contributed by atoms with Crippen molar-refractivity contribution >= 4 is 23.2 Å². The number of carbonyl (C=O) groups excluding carboxylic acids is 3. The maximum atomic E-state index is 11.8. The molecule has 0 bridgehead atoms. The smallest absolute Gasteiger partial charge is 0.299 e. The van der Waals surface area contributed by atoms with Crippen LogP contribution in [-0.2, 0) is 9.59 Å². The van der Waals surface area contributed by atoms with Gasteiger partial charge in [-0.05, 0) is 26.0 Å². The van der Waals surface area contributed by atoms with Gasteiger partial charge >= 0.3 is 0 Å². The van der Waals surface area contributed by atoms with E-state index < -0.39 is 11.7 Å². The van der Waals surface area contributed by atoms with Crippen LogP contribution in [0.1, 0.15) is 29.3 Å². The predicted molar refractivity (Wildman–Crippen MR) is 63.2 cm³/mol. The standard InChI is InChI=1S/C13H13NO3/c1-8-3-4-11-10(7-8)12(16)13(17)14(11)6-5-9(2)15/h3-4,7H,5-6H2,1-2H3. The van der Waals surface area contributed by atoms with Crippen molar-refractivity contribution in [1.82, 2.24) is 0 Å². The first-order valence-electron chi connectivity index (χ1n) is 5.47. The Morgan fingerprint density at radius 2 is 2.00 bits per heavy atom. The van der Waals surface area contributed by atoms with E-state index in [9.17, 15) is 14.4 Å².